The molecule has 146 valence electrons. The molecule has 0 saturated heterocycles. The van der Waals surface area contributed by atoms with Gasteiger partial charge < -0.3 is 4.74 Å². The number of rotatable bonds is 5. The second-order valence-corrected chi connectivity index (χ2v) is 7.63. The molecule has 0 N–H and O–H groups in total. The summed E-state index contributed by atoms with van der Waals surface area (Å²) in [6, 6.07) is 29.6. The molecule has 0 atom stereocenters. The highest BCUT2D eigenvalue weighted by atomic mass is 35.5. The van der Waals surface area contributed by atoms with Gasteiger partial charge in [-0.25, -0.2) is 0 Å². The van der Waals surface area contributed by atoms with Crippen LogP contribution >= 0.6 is 23.2 Å². The zero-order valence-corrected chi connectivity index (χ0v) is 17.5. The number of fused-ring (bicyclic) bond motifs is 1. The minimum absolute atomic E-state index is 0.371. The summed E-state index contributed by atoms with van der Waals surface area (Å²) in [6.07, 6.45) is 1.78. The summed E-state index contributed by atoms with van der Waals surface area (Å²) in [5.74, 6) is 0.434. The third-order valence-corrected chi connectivity index (χ3v) is 5.30. The van der Waals surface area contributed by atoms with Crippen LogP contribution in [0.2, 0.25) is 10.0 Å². The molecule has 0 bridgehead atoms. The molecule has 0 unspecified atom stereocenters. The Morgan fingerprint density at radius 2 is 1.50 bits per heavy atom. The van der Waals surface area contributed by atoms with Gasteiger partial charge in [0.05, 0.1) is 21.7 Å². The SMILES string of the molecule is N#C/C(=C/c1cc(Cl)c(OCc2ccccc2)c(Cl)c1)c1ccc2ccccc2c1. The van der Waals surface area contributed by atoms with E-state index < -0.39 is 0 Å². The first kappa shape index (κ1) is 20.0. The standard InChI is InChI=1S/C26H17Cl2NO/c27-24-13-19(14-25(28)26(24)30-17-18-6-2-1-3-7-18)12-23(16-29)22-11-10-20-8-4-5-9-21(20)15-22/h1-15H,17H2/b23-12-. The van der Waals surface area contributed by atoms with Gasteiger partial charge in [0.25, 0.3) is 0 Å². The second kappa shape index (κ2) is 9.05. The summed E-state index contributed by atoms with van der Waals surface area (Å²) in [5, 5.41) is 12.7. The molecule has 0 radical (unpaired) electrons. The lowest BCUT2D eigenvalue weighted by Gasteiger charge is -2.11. The van der Waals surface area contributed by atoms with Crippen molar-refractivity contribution in [1.29, 1.82) is 5.26 Å². The Kier molecular flexibility index (Phi) is 6.05. The average molecular weight is 430 g/mol. The van der Waals surface area contributed by atoms with Crippen LogP contribution in [0.3, 0.4) is 0 Å². The van der Waals surface area contributed by atoms with Gasteiger partial charge in [-0.1, -0.05) is 89.9 Å². The smallest absolute Gasteiger partial charge is 0.157 e. The Labute approximate surface area is 185 Å². The molecule has 0 fully saturated rings. The quantitative estimate of drug-likeness (QED) is 0.239. The first-order valence-corrected chi connectivity index (χ1v) is 10.2. The largest absolute Gasteiger partial charge is 0.486 e. The van der Waals surface area contributed by atoms with E-state index in [1.54, 1.807) is 18.2 Å². The molecule has 0 aliphatic rings. The van der Waals surface area contributed by atoms with Crippen molar-refractivity contribution in [2.24, 2.45) is 0 Å². The van der Waals surface area contributed by atoms with Crippen LogP contribution in [0, 0.1) is 11.3 Å². The summed E-state index contributed by atoms with van der Waals surface area (Å²) in [5.41, 5.74) is 3.14. The molecule has 0 heterocycles. The molecule has 4 aromatic rings. The third kappa shape index (κ3) is 4.49. The van der Waals surface area contributed by atoms with E-state index in [2.05, 4.69) is 6.07 Å². The Morgan fingerprint density at radius 3 is 2.20 bits per heavy atom. The molecule has 0 amide bonds. The number of nitriles is 1. The zero-order valence-electron chi connectivity index (χ0n) is 16.0. The topological polar surface area (TPSA) is 33.0 Å². The highest BCUT2D eigenvalue weighted by Crippen LogP contribution is 2.36. The highest BCUT2D eigenvalue weighted by molar-refractivity contribution is 6.37. The minimum atomic E-state index is 0.371. The maximum Gasteiger partial charge on any atom is 0.157 e. The van der Waals surface area contributed by atoms with Crippen LogP contribution in [-0.4, -0.2) is 0 Å². The van der Waals surface area contributed by atoms with Crippen LogP contribution in [0.4, 0.5) is 0 Å². The Bertz CT molecular complexity index is 1250. The fourth-order valence-corrected chi connectivity index (χ4v) is 3.85. The van der Waals surface area contributed by atoms with Crippen molar-refractivity contribution in [3.8, 4) is 11.8 Å². The van der Waals surface area contributed by atoms with E-state index >= 15 is 0 Å². The van der Waals surface area contributed by atoms with Crippen LogP contribution in [0.5, 0.6) is 5.75 Å². The molecule has 0 saturated carbocycles. The lowest BCUT2D eigenvalue weighted by Crippen LogP contribution is -1.96. The van der Waals surface area contributed by atoms with E-state index in [1.807, 2.05) is 72.8 Å². The lowest BCUT2D eigenvalue weighted by atomic mass is 10.00. The van der Waals surface area contributed by atoms with E-state index in [-0.39, 0.29) is 0 Å². The molecule has 0 spiro atoms. The van der Waals surface area contributed by atoms with E-state index in [0.29, 0.717) is 28.0 Å². The van der Waals surface area contributed by atoms with Gasteiger partial charge in [-0.15, -0.1) is 0 Å². The molecule has 2 nitrogen and oxygen atoms in total. The normalized spacial score (nSPS) is 11.3. The lowest BCUT2D eigenvalue weighted by molar-refractivity contribution is 0.306. The first-order chi connectivity index (χ1) is 14.6. The van der Waals surface area contributed by atoms with Gasteiger partial charge in [0.2, 0.25) is 0 Å². The first-order valence-electron chi connectivity index (χ1n) is 9.41. The van der Waals surface area contributed by atoms with E-state index in [9.17, 15) is 5.26 Å². The molecular weight excluding hydrogens is 413 g/mol. The molecule has 4 heteroatoms. The zero-order chi connectivity index (χ0) is 20.9. The Hall–Kier alpha value is -3.25. The number of ether oxygens (including phenoxy) is 1. The summed E-state index contributed by atoms with van der Waals surface area (Å²) < 4.78 is 5.82. The average Bonchev–Trinajstić information content (AvgIpc) is 2.77. The van der Waals surface area contributed by atoms with Gasteiger partial charge >= 0.3 is 0 Å². The molecular formula is C26H17Cl2NO. The monoisotopic (exact) mass is 429 g/mol. The number of allylic oxidation sites excluding steroid dienone is 1. The predicted molar refractivity (Wildman–Crippen MR) is 125 cm³/mol. The second-order valence-electron chi connectivity index (χ2n) is 6.82. The van der Waals surface area contributed by atoms with Crippen LogP contribution in [0.25, 0.3) is 22.4 Å². The maximum absolute atomic E-state index is 9.71. The van der Waals surface area contributed by atoms with Gasteiger partial charge in [0.1, 0.15) is 6.61 Å². The Balaban J connectivity index is 1.62. The fourth-order valence-electron chi connectivity index (χ4n) is 3.23. The fraction of sp³-hybridized carbons (Fsp3) is 0.0385. The van der Waals surface area contributed by atoms with Crippen LogP contribution in [0.15, 0.2) is 84.9 Å². The van der Waals surface area contributed by atoms with Gasteiger partial charge in [-0.2, -0.15) is 5.26 Å². The van der Waals surface area contributed by atoms with E-state index in [1.165, 1.54) is 0 Å². The minimum Gasteiger partial charge on any atom is -0.486 e. The number of benzene rings is 4. The molecule has 30 heavy (non-hydrogen) atoms. The Morgan fingerprint density at radius 1 is 0.833 bits per heavy atom. The van der Waals surface area contributed by atoms with Crippen molar-refractivity contribution in [3.05, 3.63) is 112 Å². The number of hydrogen-bond donors (Lipinski definition) is 0. The van der Waals surface area contributed by atoms with Crippen molar-refractivity contribution in [2.75, 3.05) is 0 Å². The van der Waals surface area contributed by atoms with Crippen molar-refractivity contribution in [3.63, 3.8) is 0 Å². The number of hydrogen-bond acceptors (Lipinski definition) is 2. The van der Waals surface area contributed by atoms with Crippen molar-refractivity contribution in [2.45, 2.75) is 6.61 Å². The highest BCUT2D eigenvalue weighted by Gasteiger charge is 2.11. The van der Waals surface area contributed by atoms with Gasteiger partial charge in [0, 0.05) is 0 Å². The van der Waals surface area contributed by atoms with Gasteiger partial charge in [-0.3, -0.25) is 0 Å². The number of halogens is 2. The van der Waals surface area contributed by atoms with Crippen molar-refractivity contribution >= 4 is 45.6 Å². The van der Waals surface area contributed by atoms with E-state index in [4.69, 9.17) is 27.9 Å². The van der Waals surface area contributed by atoms with E-state index in [0.717, 1.165) is 27.5 Å². The predicted octanol–water partition coefficient (Wildman–Crippen LogP) is 7.79. The molecule has 0 aliphatic carbocycles. The van der Waals surface area contributed by atoms with Gasteiger partial charge in [0.15, 0.2) is 5.75 Å². The summed E-state index contributed by atoms with van der Waals surface area (Å²) >= 11 is 12.9. The summed E-state index contributed by atoms with van der Waals surface area (Å²) in [6.45, 7) is 0.371. The van der Waals surface area contributed by atoms with Crippen LogP contribution in [-0.2, 0) is 6.61 Å². The van der Waals surface area contributed by atoms with Crippen LogP contribution in [0.1, 0.15) is 16.7 Å². The summed E-state index contributed by atoms with van der Waals surface area (Å²) in [4.78, 5) is 0. The van der Waals surface area contributed by atoms with Crippen LogP contribution < -0.4 is 4.74 Å². The molecule has 0 aliphatic heterocycles. The maximum atomic E-state index is 9.71. The summed E-state index contributed by atoms with van der Waals surface area (Å²) in [7, 11) is 0. The number of nitrogens with zero attached hydrogens (tertiary/aromatic N) is 1. The molecule has 0 aromatic heterocycles. The van der Waals surface area contributed by atoms with Gasteiger partial charge in [-0.05, 0) is 51.7 Å². The third-order valence-electron chi connectivity index (χ3n) is 4.74. The molecule has 4 rings (SSSR count). The van der Waals surface area contributed by atoms with Crippen molar-refractivity contribution in [1.82, 2.24) is 0 Å². The molecule has 4 aromatic carbocycles. The van der Waals surface area contributed by atoms with Crippen molar-refractivity contribution < 1.29 is 4.74 Å².